The third-order valence-electron chi connectivity index (χ3n) is 3.58. The van der Waals surface area contributed by atoms with E-state index in [-0.39, 0.29) is 6.10 Å². The van der Waals surface area contributed by atoms with Gasteiger partial charge in [-0.25, -0.2) is 0 Å². The number of hydrogen-bond donors (Lipinski definition) is 1. The summed E-state index contributed by atoms with van der Waals surface area (Å²) in [6.45, 7) is 5.57. The molecule has 1 aromatic rings. The second-order valence-corrected chi connectivity index (χ2v) is 5.55. The van der Waals surface area contributed by atoms with Gasteiger partial charge in [-0.3, -0.25) is 4.90 Å². The van der Waals surface area contributed by atoms with Crippen molar-refractivity contribution in [1.29, 1.82) is 0 Å². The van der Waals surface area contributed by atoms with Gasteiger partial charge in [-0.05, 0) is 30.9 Å². The summed E-state index contributed by atoms with van der Waals surface area (Å²) in [5.41, 5.74) is 7.05. The first-order chi connectivity index (χ1) is 8.74. The second-order valence-electron chi connectivity index (χ2n) is 4.67. The Bertz CT molecular complexity index is 369. The van der Waals surface area contributed by atoms with Gasteiger partial charge in [0.05, 0.1) is 12.7 Å². The third kappa shape index (κ3) is 3.26. The molecule has 4 heteroatoms. The smallest absolute Gasteiger partial charge is 0.0824 e. The van der Waals surface area contributed by atoms with Crippen molar-refractivity contribution in [3.8, 4) is 0 Å². The molecule has 0 radical (unpaired) electrons. The van der Waals surface area contributed by atoms with E-state index in [9.17, 15) is 0 Å². The first-order valence-electron chi connectivity index (χ1n) is 6.44. The van der Waals surface area contributed by atoms with E-state index < -0.39 is 0 Å². The summed E-state index contributed by atoms with van der Waals surface area (Å²) in [6, 6.07) is 9.26. The van der Waals surface area contributed by atoms with Gasteiger partial charge in [0, 0.05) is 30.6 Å². The molecular weight excluding hydrogens is 244 g/mol. The van der Waals surface area contributed by atoms with Crippen LogP contribution in [-0.4, -0.2) is 43.5 Å². The fourth-order valence-electron chi connectivity index (χ4n) is 2.33. The highest BCUT2D eigenvalue weighted by atomic mass is 32.2. The molecular formula is C14H22N2OS. The van der Waals surface area contributed by atoms with Crippen LogP contribution in [0.1, 0.15) is 18.5 Å². The molecule has 0 bridgehead atoms. The Hall–Kier alpha value is -0.550. The van der Waals surface area contributed by atoms with Gasteiger partial charge >= 0.3 is 0 Å². The molecule has 2 rings (SSSR count). The largest absolute Gasteiger partial charge is 0.374 e. The maximum absolute atomic E-state index is 5.69. The summed E-state index contributed by atoms with van der Waals surface area (Å²) >= 11 is 1.78. The van der Waals surface area contributed by atoms with Crippen LogP contribution in [0, 0.1) is 0 Å². The van der Waals surface area contributed by atoms with Crippen molar-refractivity contribution in [1.82, 2.24) is 4.90 Å². The molecule has 0 saturated carbocycles. The van der Waals surface area contributed by atoms with Crippen LogP contribution in [0.5, 0.6) is 0 Å². The van der Waals surface area contributed by atoms with Gasteiger partial charge in [-0.15, -0.1) is 11.8 Å². The topological polar surface area (TPSA) is 38.5 Å². The van der Waals surface area contributed by atoms with E-state index in [0.29, 0.717) is 12.6 Å². The summed E-state index contributed by atoms with van der Waals surface area (Å²) in [7, 11) is 0. The van der Waals surface area contributed by atoms with E-state index in [1.165, 1.54) is 10.5 Å². The fraction of sp³-hybridized carbons (Fsp3) is 0.571. The zero-order valence-electron chi connectivity index (χ0n) is 11.1. The zero-order chi connectivity index (χ0) is 13.0. The van der Waals surface area contributed by atoms with Gasteiger partial charge in [0.2, 0.25) is 0 Å². The Morgan fingerprint density at radius 2 is 2.17 bits per heavy atom. The van der Waals surface area contributed by atoms with Gasteiger partial charge in [-0.1, -0.05) is 12.1 Å². The average Bonchev–Trinajstić information content (AvgIpc) is 2.46. The minimum atomic E-state index is 0.187. The Kier molecular flexibility index (Phi) is 5.06. The van der Waals surface area contributed by atoms with E-state index in [1.807, 2.05) is 0 Å². The van der Waals surface area contributed by atoms with Crippen LogP contribution in [-0.2, 0) is 4.74 Å². The highest BCUT2D eigenvalue weighted by Gasteiger charge is 2.23. The first kappa shape index (κ1) is 13.9. The number of hydrogen-bond acceptors (Lipinski definition) is 4. The molecule has 2 unspecified atom stereocenters. The van der Waals surface area contributed by atoms with Crippen molar-refractivity contribution in [2.45, 2.75) is 24.0 Å². The predicted molar refractivity (Wildman–Crippen MR) is 77.0 cm³/mol. The maximum atomic E-state index is 5.69. The molecule has 0 amide bonds. The van der Waals surface area contributed by atoms with Gasteiger partial charge in [0.1, 0.15) is 0 Å². The number of nitrogens with two attached hydrogens (primary N) is 1. The molecule has 3 nitrogen and oxygen atoms in total. The van der Waals surface area contributed by atoms with Crippen LogP contribution in [0.4, 0.5) is 0 Å². The van der Waals surface area contributed by atoms with Crippen LogP contribution in [0.3, 0.4) is 0 Å². The lowest BCUT2D eigenvalue weighted by Gasteiger charge is -2.36. The van der Waals surface area contributed by atoms with Gasteiger partial charge in [0.15, 0.2) is 0 Å². The van der Waals surface area contributed by atoms with E-state index in [4.69, 9.17) is 10.5 Å². The number of nitrogens with zero attached hydrogens (tertiary/aromatic N) is 1. The van der Waals surface area contributed by atoms with Crippen LogP contribution in [0.25, 0.3) is 0 Å². The van der Waals surface area contributed by atoms with Gasteiger partial charge in [0.25, 0.3) is 0 Å². The number of thioether (sulfide) groups is 1. The monoisotopic (exact) mass is 266 g/mol. The van der Waals surface area contributed by atoms with Gasteiger partial charge < -0.3 is 10.5 Å². The van der Waals surface area contributed by atoms with E-state index in [2.05, 4.69) is 42.3 Å². The van der Waals surface area contributed by atoms with Crippen LogP contribution in [0.2, 0.25) is 0 Å². The van der Waals surface area contributed by atoms with E-state index >= 15 is 0 Å². The summed E-state index contributed by atoms with van der Waals surface area (Å²) in [6.07, 6.45) is 2.29. The summed E-state index contributed by atoms with van der Waals surface area (Å²) in [4.78, 5) is 3.77. The highest BCUT2D eigenvalue weighted by molar-refractivity contribution is 7.98. The van der Waals surface area contributed by atoms with Crippen molar-refractivity contribution < 1.29 is 4.74 Å². The zero-order valence-corrected chi connectivity index (χ0v) is 12.0. The lowest BCUT2D eigenvalue weighted by Crippen LogP contribution is -2.46. The minimum absolute atomic E-state index is 0.187. The van der Waals surface area contributed by atoms with Crippen molar-refractivity contribution >= 4 is 11.8 Å². The lowest BCUT2D eigenvalue weighted by atomic mass is 10.1. The highest BCUT2D eigenvalue weighted by Crippen LogP contribution is 2.24. The minimum Gasteiger partial charge on any atom is -0.374 e. The third-order valence-corrected chi connectivity index (χ3v) is 4.32. The Balaban J connectivity index is 2.02. The van der Waals surface area contributed by atoms with Crippen LogP contribution < -0.4 is 5.73 Å². The summed E-state index contributed by atoms with van der Waals surface area (Å²) in [5, 5.41) is 0. The lowest BCUT2D eigenvalue weighted by molar-refractivity contribution is -0.0364. The number of benzene rings is 1. The molecule has 0 spiro atoms. The molecule has 0 aromatic heterocycles. The van der Waals surface area contributed by atoms with Gasteiger partial charge in [-0.2, -0.15) is 0 Å². The Labute approximate surface area is 114 Å². The fourth-order valence-corrected chi connectivity index (χ4v) is 2.74. The number of morpholine rings is 1. The van der Waals surface area contributed by atoms with E-state index in [1.54, 1.807) is 11.8 Å². The van der Waals surface area contributed by atoms with Crippen molar-refractivity contribution in [3.05, 3.63) is 29.8 Å². The number of rotatable bonds is 4. The molecule has 18 heavy (non-hydrogen) atoms. The molecule has 1 fully saturated rings. The molecule has 1 aromatic carbocycles. The average molecular weight is 266 g/mol. The van der Waals surface area contributed by atoms with E-state index in [0.717, 1.165) is 19.7 Å². The molecule has 0 aliphatic carbocycles. The van der Waals surface area contributed by atoms with Crippen molar-refractivity contribution in [3.63, 3.8) is 0 Å². The molecule has 2 atom stereocenters. The predicted octanol–water partition coefficient (Wildman–Crippen LogP) is 2.13. The molecule has 2 N–H and O–H groups in total. The second kappa shape index (κ2) is 6.57. The van der Waals surface area contributed by atoms with Crippen LogP contribution in [0.15, 0.2) is 29.2 Å². The van der Waals surface area contributed by atoms with Crippen molar-refractivity contribution in [2.24, 2.45) is 5.73 Å². The Morgan fingerprint density at radius 1 is 1.44 bits per heavy atom. The standard InChI is InChI=1S/C14H22N2OS/c1-11(12-3-5-14(18-2)6-4-12)16-7-8-17-13(9-15)10-16/h3-6,11,13H,7-10,15H2,1-2H3. The maximum Gasteiger partial charge on any atom is 0.0824 e. The molecule has 1 heterocycles. The normalized spacial score (nSPS) is 22.9. The molecule has 1 aliphatic rings. The number of ether oxygens (including phenoxy) is 1. The molecule has 1 aliphatic heterocycles. The molecule has 1 saturated heterocycles. The molecule has 100 valence electrons. The van der Waals surface area contributed by atoms with Crippen molar-refractivity contribution in [2.75, 3.05) is 32.5 Å². The first-order valence-corrected chi connectivity index (χ1v) is 7.66. The van der Waals surface area contributed by atoms with Crippen LogP contribution >= 0.6 is 11.8 Å². The summed E-state index contributed by atoms with van der Waals surface area (Å²) in [5.74, 6) is 0. The summed E-state index contributed by atoms with van der Waals surface area (Å²) < 4.78 is 5.61. The quantitative estimate of drug-likeness (QED) is 0.847. The SMILES string of the molecule is CSc1ccc(C(C)N2CCOC(CN)C2)cc1. The Morgan fingerprint density at radius 3 is 2.78 bits per heavy atom.